The third kappa shape index (κ3) is 2.77. The van der Waals surface area contributed by atoms with Gasteiger partial charge in [-0.2, -0.15) is 0 Å². The van der Waals surface area contributed by atoms with Gasteiger partial charge in [-0.3, -0.25) is 0 Å². The standard InChI is InChI=1S/C12H13Br2N3/c1-3-10(14)11-7-17(16-15-11)12-5-4-9(13)6-8(12)2/h4-7,10H,3H2,1-2H3. The molecule has 1 atom stereocenters. The predicted octanol–water partition coefficient (Wildman–Crippen LogP) is 4.18. The van der Waals surface area contributed by atoms with Gasteiger partial charge in [0.25, 0.3) is 0 Å². The molecule has 2 aromatic rings. The zero-order chi connectivity index (χ0) is 12.4. The van der Waals surface area contributed by atoms with Gasteiger partial charge in [0.2, 0.25) is 0 Å². The van der Waals surface area contributed by atoms with E-state index in [0.29, 0.717) is 0 Å². The Balaban J connectivity index is 2.37. The molecule has 0 amide bonds. The fourth-order valence-electron chi connectivity index (χ4n) is 1.62. The van der Waals surface area contributed by atoms with Gasteiger partial charge in [0, 0.05) is 4.47 Å². The number of aromatic nitrogens is 3. The van der Waals surface area contributed by atoms with E-state index in [0.717, 1.165) is 22.3 Å². The van der Waals surface area contributed by atoms with Gasteiger partial charge in [0.15, 0.2) is 0 Å². The summed E-state index contributed by atoms with van der Waals surface area (Å²) in [5.74, 6) is 0. The molecule has 0 aliphatic rings. The first-order valence-electron chi connectivity index (χ1n) is 5.44. The van der Waals surface area contributed by atoms with Gasteiger partial charge in [-0.1, -0.05) is 44.0 Å². The molecule has 0 N–H and O–H groups in total. The molecule has 0 saturated carbocycles. The van der Waals surface area contributed by atoms with Crippen molar-refractivity contribution in [2.45, 2.75) is 25.1 Å². The summed E-state index contributed by atoms with van der Waals surface area (Å²) < 4.78 is 2.90. The summed E-state index contributed by atoms with van der Waals surface area (Å²) in [5.41, 5.74) is 3.19. The first kappa shape index (κ1) is 12.8. The first-order chi connectivity index (χ1) is 8.11. The molecule has 1 unspecified atom stereocenters. The van der Waals surface area contributed by atoms with E-state index in [1.807, 2.05) is 23.0 Å². The van der Waals surface area contributed by atoms with Gasteiger partial charge in [0.05, 0.1) is 22.4 Å². The van der Waals surface area contributed by atoms with Crippen LogP contribution in [0.2, 0.25) is 0 Å². The van der Waals surface area contributed by atoms with Crippen LogP contribution in [0.5, 0.6) is 0 Å². The van der Waals surface area contributed by atoms with Gasteiger partial charge >= 0.3 is 0 Å². The number of hydrogen-bond acceptors (Lipinski definition) is 2. The molecule has 5 heteroatoms. The Morgan fingerprint density at radius 1 is 1.41 bits per heavy atom. The highest BCUT2D eigenvalue weighted by Gasteiger charge is 2.11. The van der Waals surface area contributed by atoms with Crippen molar-refractivity contribution in [1.29, 1.82) is 0 Å². The smallest absolute Gasteiger partial charge is 0.0967 e. The number of hydrogen-bond donors (Lipinski definition) is 0. The van der Waals surface area contributed by atoms with Gasteiger partial charge < -0.3 is 0 Å². The lowest BCUT2D eigenvalue weighted by atomic mass is 10.2. The summed E-state index contributed by atoms with van der Waals surface area (Å²) in [6.07, 6.45) is 2.97. The second-order valence-corrected chi connectivity index (χ2v) is 5.92. The van der Waals surface area contributed by atoms with E-state index in [-0.39, 0.29) is 4.83 Å². The van der Waals surface area contributed by atoms with Crippen LogP contribution in [0.25, 0.3) is 5.69 Å². The van der Waals surface area contributed by atoms with Crippen molar-refractivity contribution in [2.75, 3.05) is 0 Å². The Hall–Kier alpha value is -0.680. The van der Waals surface area contributed by atoms with Crippen molar-refractivity contribution in [3.05, 3.63) is 40.1 Å². The van der Waals surface area contributed by atoms with E-state index in [2.05, 4.69) is 62.1 Å². The van der Waals surface area contributed by atoms with E-state index < -0.39 is 0 Å². The van der Waals surface area contributed by atoms with Gasteiger partial charge in [0.1, 0.15) is 0 Å². The summed E-state index contributed by atoms with van der Waals surface area (Å²) in [4.78, 5) is 0.270. The summed E-state index contributed by atoms with van der Waals surface area (Å²) in [6.45, 7) is 4.18. The number of nitrogens with zero attached hydrogens (tertiary/aromatic N) is 3. The topological polar surface area (TPSA) is 30.7 Å². The number of halogens is 2. The minimum Gasteiger partial charge on any atom is -0.220 e. The van der Waals surface area contributed by atoms with Gasteiger partial charge in [-0.25, -0.2) is 4.68 Å². The highest BCUT2D eigenvalue weighted by Crippen LogP contribution is 2.25. The van der Waals surface area contributed by atoms with E-state index in [4.69, 9.17) is 0 Å². The molecule has 90 valence electrons. The van der Waals surface area contributed by atoms with Crippen LogP contribution in [0, 0.1) is 6.92 Å². The van der Waals surface area contributed by atoms with Crippen molar-refractivity contribution in [3.63, 3.8) is 0 Å². The Bertz CT molecular complexity index is 522. The molecule has 0 aliphatic carbocycles. The molecular formula is C12H13Br2N3. The summed E-state index contributed by atoms with van der Waals surface area (Å²) in [5, 5.41) is 8.35. The molecular weight excluding hydrogens is 346 g/mol. The lowest BCUT2D eigenvalue weighted by Crippen LogP contribution is -1.97. The Morgan fingerprint density at radius 3 is 2.82 bits per heavy atom. The van der Waals surface area contributed by atoms with Crippen molar-refractivity contribution in [2.24, 2.45) is 0 Å². The van der Waals surface area contributed by atoms with Crippen LogP contribution in [-0.4, -0.2) is 15.0 Å². The number of benzene rings is 1. The monoisotopic (exact) mass is 357 g/mol. The molecule has 0 saturated heterocycles. The van der Waals surface area contributed by atoms with Crippen molar-refractivity contribution in [3.8, 4) is 5.69 Å². The average molecular weight is 359 g/mol. The van der Waals surface area contributed by atoms with Gasteiger partial charge in [-0.15, -0.1) is 5.10 Å². The normalized spacial score (nSPS) is 12.7. The summed E-state index contributed by atoms with van der Waals surface area (Å²) in [7, 11) is 0. The van der Waals surface area contributed by atoms with E-state index >= 15 is 0 Å². The van der Waals surface area contributed by atoms with E-state index in [1.54, 1.807) is 0 Å². The zero-order valence-electron chi connectivity index (χ0n) is 9.69. The number of alkyl halides is 1. The molecule has 17 heavy (non-hydrogen) atoms. The van der Waals surface area contributed by atoms with Crippen LogP contribution in [-0.2, 0) is 0 Å². The Morgan fingerprint density at radius 2 is 2.18 bits per heavy atom. The third-order valence-corrected chi connectivity index (χ3v) is 4.21. The van der Waals surface area contributed by atoms with Crippen LogP contribution < -0.4 is 0 Å². The molecule has 3 nitrogen and oxygen atoms in total. The van der Waals surface area contributed by atoms with Crippen LogP contribution in [0.4, 0.5) is 0 Å². The largest absolute Gasteiger partial charge is 0.220 e. The molecule has 0 spiro atoms. The number of aryl methyl sites for hydroxylation is 1. The molecule has 0 radical (unpaired) electrons. The van der Waals surface area contributed by atoms with Crippen molar-refractivity contribution < 1.29 is 0 Å². The average Bonchev–Trinajstić information content (AvgIpc) is 2.77. The Labute approximate surface area is 117 Å². The van der Waals surface area contributed by atoms with E-state index in [1.165, 1.54) is 5.56 Å². The lowest BCUT2D eigenvalue weighted by molar-refractivity contribution is 0.786. The maximum atomic E-state index is 4.18. The van der Waals surface area contributed by atoms with Crippen LogP contribution >= 0.6 is 31.9 Å². The second-order valence-electron chi connectivity index (χ2n) is 3.89. The maximum Gasteiger partial charge on any atom is 0.0967 e. The molecule has 0 bridgehead atoms. The first-order valence-corrected chi connectivity index (χ1v) is 7.15. The minimum atomic E-state index is 0.270. The zero-order valence-corrected chi connectivity index (χ0v) is 12.9. The highest BCUT2D eigenvalue weighted by molar-refractivity contribution is 9.10. The lowest BCUT2D eigenvalue weighted by Gasteiger charge is -2.05. The second kappa shape index (κ2) is 5.31. The molecule has 2 rings (SSSR count). The molecule has 1 aromatic heterocycles. The summed E-state index contributed by atoms with van der Waals surface area (Å²) in [6, 6.07) is 6.12. The summed E-state index contributed by atoms with van der Waals surface area (Å²) >= 11 is 7.03. The van der Waals surface area contributed by atoms with Crippen molar-refractivity contribution in [1.82, 2.24) is 15.0 Å². The number of rotatable bonds is 3. The predicted molar refractivity (Wildman–Crippen MR) is 75.8 cm³/mol. The molecule has 1 heterocycles. The van der Waals surface area contributed by atoms with Gasteiger partial charge in [-0.05, 0) is 37.1 Å². The molecule has 0 fully saturated rings. The van der Waals surface area contributed by atoms with E-state index in [9.17, 15) is 0 Å². The fraction of sp³-hybridized carbons (Fsp3) is 0.333. The highest BCUT2D eigenvalue weighted by atomic mass is 79.9. The molecule has 0 aliphatic heterocycles. The minimum absolute atomic E-state index is 0.270. The van der Waals surface area contributed by atoms with Crippen LogP contribution in [0.1, 0.15) is 29.4 Å². The fourth-order valence-corrected chi connectivity index (χ4v) is 2.31. The maximum absolute atomic E-state index is 4.18. The SMILES string of the molecule is CCC(Br)c1cn(-c2ccc(Br)cc2C)nn1. The van der Waals surface area contributed by atoms with Crippen molar-refractivity contribution >= 4 is 31.9 Å². The quantitative estimate of drug-likeness (QED) is 0.770. The third-order valence-electron chi connectivity index (χ3n) is 2.60. The molecule has 1 aromatic carbocycles. The van der Waals surface area contributed by atoms with Crippen LogP contribution in [0.15, 0.2) is 28.9 Å². The Kier molecular flexibility index (Phi) is 3.99. The van der Waals surface area contributed by atoms with Crippen LogP contribution in [0.3, 0.4) is 0 Å².